The molecule has 7 heteroatoms. The van der Waals surface area contributed by atoms with Crippen LogP contribution in [0.3, 0.4) is 0 Å². The maximum atomic E-state index is 12.9. The Morgan fingerprint density at radius 3 is 2.11 bits per heavy atom. The summed E-state index contributed by atoms with van der Waals surface area (Å²) in [7, 11) is 3.46. The lowest BCUT2D eigenvalue weighted by atomic mass is 9.78. The molecule has 0 fully saturated rings. The fourth-order valence-corrected chi connectivity index (χ4v) is 11.1. The van der Waals surface area contributed by atoms with Crippen LogP contribution in [-0.2, 0) is 10.8 Å². The zero-order valence-electron chi connectivity index (χ0n) is 37.2. The zero-order valence-corrected chi connectivity index (χ0v) is 38.0. The maximum absolute atomic E-state index is 12.9. The summed E-state index contributed by atoms with van der Waals surface area (Å²) in [6, 6.07) is 30.1. The minimum absolute atomic E-state index is 0.145. The number of ether oxygens (including phenoxy) is 2. The highest BCUT2D eigenvalue weighted by Crippen LogP contribution is 2.52. The van der Waals surface area contributed by atoms with Gasteiger partial charge in [0.1, 0.15) is 18.0 Å². The van der Waals surface area contributed by atoms with Gasteiger partial charge in [-0.25, -0.2) is 0 Å². The van der Waals surface area contributed by atoms with E-state index in [0.29, 0.717) is 19.4 Å². The molecule has 6 nitrogen and oxygen atoms in total. The van der Waals surface area contributed by atoms with Gasteiger partial charge in [0.25, 0.3) is 0 Å². The first-order valence-corrected chi connectivity index (χ1v) is 22.8. The molecule has 5 aromatic carbocycles. The highest BCUT2D eigenvalue weighted by Gasteiger charge is 2.45. The van der Waals surface area contributed by atoms with Crippen molar-refractivity contribution in [2.24, 2.45) is 5.73 Å². The van der Waals surface area contributed by atoms with E-state index >= 15 is 0 Å². The molecule has 0 saturated heterocycles. The zero-order chi connectivity index (χ0) is 43.1. The molecule has 61 heavy (non-hydrogen) atoms. The number of hydrogen-bond donors (Lipinski definition) is 1. The second kappa shape index (κ2) is 17.2. The van der Waals surface area contributed by atoms with Gasteiger partial charge >= 0.3 is 0 Å². The number of hydrogen-bond acceptors (Lipinski definition) is 6. The first-order chi connectivity index (χ1) is 29.4. The van der Waals surface area contributed by atoms with Crippen molar-refractivity contribution in [1.29, 1.82) is 0 Å². The molecule has 0 aromatic heterocycles. The number of carbonyl (C=O) groups is 1. The van der Waals surface area contributed by atoms with Gasteiger partial charge < -0.3 is 20.1 Å². The lowest BCUT2D eigenvalue weighted by Crippen LogP contribution is -2.27. The smallest absolute Gasteiger partial charge is 0.210 e. The number of thioether (sulfide) groups is 1. The fraction of sp³-hybridized carbons (Fsp3) is 0.333. The van der Waals surface area contributed by atoms with Crippen molar-refractivity contribution in [3.8, 4) is 11.5 Å². The number of carbonyl (C=O) groups excluding carboxylic acids is 1. The quantitative estimate of drug-likeness (QED) is 0.0942. The number of likely N-dealkylation sites (N-methyl/N-ethyl adjacent to an activating group) is 1. The van der Waals surface area contributed by atoms with E-state index in [4.69, 9.17) is 15.2 Å². The van der Waals surface area contributed by atoms with Gasteiger partial charge in [-0.05, 0) is 153 Å². The van der Waals surface area contributed by atoms with Crippen LogP contribution in [0.4, 0.5) is 11.4 Å². The summed E-state index contributed by atoms with van der Waals surface area (Å²) in [5, 5.41) is 4.93. The molecule has 0 atom stereocenters. The first kappa shape index (κ1) is 42.3. The summed E-state index contributed by atoms with van der Waals surface area (Å²) in [6.45, 7) is 16.2. The molecule has 0 unspecified atom stereocenters. The van der Waals surface area contributed by atoms with E-state index in [1.807, 2.05) is 23.9 Å². The molecular weight excluding hydrogens is 771 g/mol. The lowest BCUT2D eigenvalue weighted by molar-refractivity contribution is -0.433. The molecule has 0 bridgehead atoms. The average Bonchev–Trinajstić information content (AvgIpc) is 3.64. The number of nitrogens with two attached hydrogens (primary N) is 1. The maximum Gasteiger partial charge on any atom is 0.210 e. The third kappa shape index (κ3) is 7.65. The molecule has 0 spiro atoms. The van der Waals surface area contributed by atoms with Crippen molar-refractivity contribution in [1.82, 2.24) is 0 Å². The van der Waals surface area contributed by atoms with Gasteiger partial charge in [-0.1, -0.05) is 68.1 Å². The summed E-state index contributed by atoms with van der Waals surface area (Å²) in [6.07, 6.45) is 13.8. The van der Waals surface area contributed by atoms with Gasteiger partial charge in [-0.3, -0.25) is 4.79 Å². The van der Waals surface area contributed by atoms with Crippen LogP contribution in [0.5, 0.6) is 11.5 Å². The van der Waals surface area contributed by atoms with E-state index in [-0.39, 0.29) is 16.6 Å². The first-order valence-electron chi connectivity index (χ1n) is 21.9. The molecule has 2 N–H and O–H groups in total. The second-order valence-electron chi connectivity index (χ2n) is 17.4. The third-order valence-corrected chi connectivity index (χ3v) is 14.3. The molecule has 2 aliphatic heterocycles. The molecule has 5 aromatic rings. The van der Waals surface area contributed by atoms with Crippen molar-refractivity contribution in [3.05, 3.63) is 148 Å². The summed E-state index contributed by atoms with van der Waals surface area (Å²) in [5.41, 5.74) is 16.6. The van der Waals surface area contributed by atoms with E-state index in [9.17, 15) is 4.79 Å². The van der Waals surface area contributed by atoms with Crippen molar-refractivity contribution in [3.63, 3.8) is 0 Å². The van der Waals surface area contributed by atoms with Crippen molar-refractivity contribution in [2.45, 2.75) is 89.4 Å². The monoisotopic (exact) mass is 830 g/mol. The number of benzene rings is 5. The Morgan fingerprint density at radius 2 is 1.48 bits per heavy atom. The SMILES string of the molecule is CCN1/C(=C/C=C2\CCCC(/C=C/C3=[N+](CC)c4ccc5cc(OC)ccc5c4C3(C)C)=C2Sc2ccc(C(=O)CCCN)cc2)C(C)(C)c2c1ccc1cc(OC)ccc21. The Bertz CT molecular complexity index is 2700. The standard InChI is InChI=1S/C54H60N3O3S/c1-9-56-45-28-18-38-33-40(59-7)22-26-43(38)50(45)53(3,4)48(56)30-20-36-13-11-14-37(52(36)61-42-24-16-35(17-25-42)47(58)15-12-32-55)21-31-49-54(5,6)51-44-27-23-41(60-8)34-39(44)19-29-46(51)57(49)10-2/h16-31,33-34H,9-15,32,55H2,1-8H3/q+1. The van der Waals surface area contributed by atoms with Gasteiger partial charge in [0.2, 0.25) is 5.69 Å². The molecule has 0 saturated carbocycles. The van der Waals surface area contributed by atoms with Crippen molar-refractivity contribution in [2.75, 3.05) is 38.8 Å². The molecule has 314 valence electrons. The van der Waals surface area contributed by atoms with E-state index in [0.717, 1.165) is 54.3 Å². The van der Waals surface area contributed by atoms with E-state index < -0.39 is 0 Å². The Kier molecular flexibility index (Phi) is 11.9. The Morgan fingerprint density at radius 1 is 0.803 bits per heavy atom. The number of methoxy groups -OCH3 is 2. The Labute approximate surface area is 366 Å². The summed E-state index contributed by atoms with van der Waals surface area (Å²) in [5.74, 6) is 1.89. The van der Waals surface area contributed by atoms with Crippen molar-refractivity contribution >= 4 is 56.2 Å². The predicted octanol–water partition coefficient (Wildman–Crippen LogP) is 12.7. The van der Waals surface area contributed by atoms with E-state index in [1.54, 1.807) is 14.2 Å². The predicted molar refractivity (Wildman–Crippen MR) is 257 cm³/mol. The van der Waals surface area contributed by atoms with Crippen LogP contribution in [-0.4, -0.2) is 49.9 Å². The van der Waals surface area contributed by atoms with Crippen LogP contribution < -0.4 is 20.1 Å². The Hall–Kier alpha value is -5.37. The molecule has 0 radical (unpaired) electrons. The largest absolute Gasteiger partial charge is 0.497 e. The van der Waals surface area contributed by atoms with Gasteiger partial charge in [0.05, 0.1) is 19.6 Å². The Balaban J connectivity index is 1.21. The van der Waals surface area contributed by atoms with Gasteiger partial charge in [0.15, 0.2) is 11.5 Å². The highest BCUT2D eigenvalue weighted by molar-refractivity contribution is 8.03. The number of allylic oxidation sites excluding steroid dienone is 7. The number of fused-ring (bicyclic) bond motifs is 6. The fourth-order valence-electron chi connectivity index (χ4n) is 10.0. The summed E-state index contributed by atoms with van der Waals surface area (Å²) < 4.78 is 13.7. The van der Waals surface area contributed by atoms with Crippen LogP contribution in [0.2, 0.25) is 0 Å². The molecular formula is C54H60N3O3S+. The number of rotatable bonds is 13. The summed E-state index contributed by atoms with van der Waals surface area (Å²) >= 11 is 1.82. The number of ketones is 1. The average molecular weight is 831 g/mol. The molecule has 2 heterocycles. The highest BCUT2D eigenvalue weighted by atomic mass is 32.2. The van der Waals surface area contributed by atoms with E-state index in [1.165, 1.54) is 71.5 Å². The minimum atomic E-state index is -0.212. The number of nitrogens with zero attached hydrogens (tertiary/aromatic N) is 2. The van der Waals surface area contributed by atoms with Crippen LogP contribution in [0, 0.1) is 0 Å². The normalized spacial score (nSPS) is 18.3. The van der Waals surface area contributed by atoms with Crippen LogP contribution >= 0.6 is 11.8 Å². The molecule has 1 aliphatic carbocycles. The molecule has 8 rings (SSSR count). The van der Waals surface area contributed by atoms with Crippen LogP contribution in [0.25, 0.3) is 21.5 Å². The number of Topliss-reactive ketones (excluding diaryl/α,β-unsaturated/α-hetero) is 1. The van der Waals surface area contributed by atoms with Crippen LogP contribution in [0.1, 0.15) is 95.1 Å². The summed E-state index contributed by atoms with van der Waals surface area (Å²) in [4.78, 5) is 17.8. The number of anilines is 1. The molecule has 0 amide bonds. The van der Waals surface area contributed by atoms with Crippen molar-refractivity contribution < 1.29 is 18.8 Å². The second-order valence-corrected chi connectivity index (χ2v) is 18.5. The minimum Gasteiger partial charge on any atom is -0.497 e. The molecule has 3 aliphatic rings. The van der Waals surface area contributed by atoms with Gasteiger partial charge in [0, 0.05) is 62.8 Å². The van der Waals surface area contributed by atoms with E-state index in [2.05, 4.69) is 148 Å². The van der Waals surface area contributed by atoms with Crippen LogP contribution in [0.15, 0.2) is 136 Å². The lowest BCUT2D eigenvalue weighted by Gasteiger charge is -2.27. The third-order valence-electron chi connectivity index (χ3n) is 13.1. The van der Waals surface area contributed by atoms with Gasteiger partial charge in [-0.2, -0.15) is 4.58 Å². The topological polar surface area (TPSA) is 67.8 Å². The van der Waals surface area contributed by atoms with Gasteiger partial charge in [-0.15, -0.1) is 0 Å².